The lowest BCUT2D eigenvalue weighted by atomic mass is 9.85. The molecule has 2 aliphatic rings. The van der Waals surface area contributed by atoms with Crippen molar-refractivity contribution in [2.24, 2.45) is 5.92 Å². The van der Waals surface area contributed by atoms with Gasteiger partial charge in [-0.25, -0.2) is 0 Å². The molecule has 0 unspecified atom stereocenters. The SMILES string of the molecule is CC(C)N1CC[C@H]2NCCC[C@H]2C1. The summed E-state index contributed by atoms with van der Waals surface area (Å²) in [5.74, 6) is 0.935. The van der Waals surface area contributed by atoms with Crippen molar-refractivity contribution in [3.05, 3.63) is 0 Å². The van der Waals surface area contributed by atoms with Crippen molar-refractivity contribution in [2.75, 3.05) is 19.6 Å². The van der Waals surface area contributed by atoms with E-state index < -0.39 is 0 Å². The van der Waals surface area contributed by atoms with Crippen LogP contribution in [0.5, 0.6) is 0 Å². The van der Waals surface area contributed by atoms with Gasteiger partial charge in [0.25, 0.3) is 0 Å². The van der Waals surface area contributed by atoms with Crippen LogP contribution in [0, 0.1) is 5.92 Å². The molecule has 2 heteroatoms. The lowest BCUT2D eigenvalue weighted by Gasteiger charge is -2.43. The molecule has 0 aromatic heterocycles. The van der Waals surface area contributed by atoms with Gasteiger partial charge >= 0.3 is 0 Å². The molecule has 0 aromatic carbocycles. The van der Waals surface area contributed by atoms with Crippen molar-refractivity contribution in [1.82, 2.24) is 10.2 Å². The molecule has 13 heavy (non-hydrogen) atoms. The van der Waals surface area contributed by atoms with E-state index in [0.29, 0.717) is 0 Å². The Labute approximate surface area is 81.7 Å². The van der Waals surface area contributed by atoms with Crippen molar-refractivity contribution in [2.45, 2.75) is 45.2 Å². The first-order chi connectivity index (χ1) is 6.27. The quantitative estimate of drug-likeness (QED) is 0.660. The van der Waals surface area contributed by atoms with E-state index in [1.54, 1.807) is 0 Å². The number of fused-ring (bicyclic) bond motifs is 1. The fourth-order valence-corrected chi connectivity index (χ4v) is 2.74. The summed E-state index contributed by atoms with van der Waals surface area (Å²) in [5, 5.41) is 3.65. The molecule has 0 amide bonds. The summed E-state index contributed by atoms with van der Waals surface area (Å²) in [7, 11) is 0. The average Bonchev–Trinajstić information content (AvgIpc) is 2.17. The zero-order valence-corrected chi connectivity index (χ0v) is 8.92. The molecule has 0 bridgehead atoms. The van der Waals surface area contributed by atoms with Gasteiger partial charge in [-0.1, -0.05) is 0 Å². The first-order valence-electron chi connectivity index (χ1n) is 5.75. The van der Waals surface area contributed by atoms with Crippen molar-refractivity contribution >= 4 is 0 Å². The van der Waals surface area contributed by atoms with E-state index in [4.69, 9.17) is 0 Å². The van der Waals surface area contributed by atoms with E-state index in [1.807, 2.05) is 0 Å². The summed E-state index contributed by atoms with van der Waals surface area (Å²) in [6.45, 7) is 8.51. The molecule has 1 N–H and O–H groups in total. The fourth-order valence-electron chi connectivity index (χ4n) is 2.74. The molecule has 2 aliphatic heterocycles. The van der Waals surface area contributed by atoms with Gasteiger partial charge in [-0.2, -0.15) is 0 Å². The second kappa shape index (κ2) is 3.97. The summed E-state index contributed by atoms with van der Waals surface area (Å²) in [4.78, 5) is 2.63. The van der Waals surface area contributed by atoms with Crippen LogP contribution < -0.4 is 5.32 Å². The van der Waals surface area contributed by atoms with Crippen LogP contribution in [0.1, 0.15) is 33.1 Å². The molecule has 2 nitrogen and oxygen atoms in total. The highest BCUT2D eigenvalue weighted by molar-refractivity contribution is 4.88. The third kappa shape index (κ3) is 2.05. The molecule has 2 saturated heterocycles. The second-order valence-corrected chi connectivity index (χ2v) is 4.84. The number of rotatable bonds is 1. The highest BCUT2D eigenvalue weighted by Crippen LogP contribution is 2.25. The van der Waals surface area contributed by atoms with E-state index in [1.165, 1.54) is 38.9 Å². The van der Waals surface area contributed by atoms with Gasteiger partial charge < -0.3 is 10.2 Å². The standard InChI is InChI=1S/C11H22N2/c1-9(2)13-7-5-11-10(8-13)4-3-6-12-11/h9-12H,3-8H2,1-2H3/t10-,11+/m0/s1. The van der Waals surface area contributed by atoms with Crippen molar-refractivity contribution < 1.29 is 0 Å². The predicted octanol–water partition coefficient (Wildman–Crippen LogP) is 1.47. The Hall–Kier alpha value is -0.0800. The van der Waals surface area contributed by atoms with Crippen LogP contribution in [-0.4, -0.2) is 36.6 Å². The smallest absolute Gasteiger partial charge is 0.0120 e. The van der Waals surface area contributed by atoms with E-state index in [0.717, 1.165) is 18.0 Å². The van der Waals surface area contributed by atoms with Crippen LogP contribution in [0.15, 0.2) is 0 Å². The van der Waals surface area contributed by atoms with E-state index >= 15 is 0 Å². The molecule has 0 saturated carbocycles. The van der Waals surface area contributed by atoms with Crippen LogP contribution >= 0.6 is 0 Å². The molecule has 76 valence electrons. The van der Waals surface area contributed by atoms with Gasteiger partial charge in [0, 0.05) is 18.6 Å². The Balaban J connectivity index is 1.91. The number of nitrogens with one attached hydrogen (secondary N) is 1. The van der Waals surface area contributed by atoms with Gasteiger partial charge in [-0.3, -0.25) is 0 Å². The van der Waals surface area contributed by atoms with Gasteiger partial charge in [0.2, 0.25) is 0 Å². The number of hydrogen-bond donors (Lipinski definition) is 1. The van der Waals surface area contributed by atoms with Gasteiger partial charge in [0.15, 0.2) is 0 Å². The zero-order chi connectivity index (χ0) is 9.26. The first kappa shape index (κ1) is 9.47. The topological polar surface area (TPSA) is 15.3 Å². The van der Waals surface area contributed by atoms with Crippen LogP contribution in [0.25, 0.3) is 0 Å². The summed E-state index contributed by atoms with van der Waals surface area (Å²) in [5.41, 5.74) is 0. The molecule has 2 atom stereocenters. The summed E-state index contributed by atoms with van der Waals surface area (Å²) in [6, 6.07) is 1.58. The Kier molecular flexibility index (Phi) is 2.89. The lowest BCUT2D eigenvalue weighted by Crippen LogP contribution is -2.53. The number of piperidine rings is 2. The summed E-state index contributed by atoms with van der Waals surface area (Å²) >= 11 is 0. The minimum atomic E-state index is 0.739. The lowest BCUT2D eigenvalue weighted by molar-refractivity contribution is 0.0909. The predicted molar refractivity (Wildman–Crippen MR) is 55.8 cm³/mol. The molecule has 0 aliphatic carbocycles. The Morgan fingerprint density at radius 2 is 2.15 bits per heavy atom. The van der Waals surface area contributed by atoms with Crippen LogP contribution in [-0.2, 0) is 0 Å². The molecule has 2 rings (SSSR count). The van der Waals surface area contributed by atoms with Gasteiger partial charge in [0.05, 0.1) is 0 Å². The molecular weight excluding hydrogens is 160 g/mol. The molecular formula is C11H22N2. The van der Waals surface area contributed by atoms with Crippen molar-refractivity contribution in [3.63, 3.8) is 0 Å². The third-order valence-electron chi connectivity index (χ3n) is 3.65. The fraction of sp³-hybridized carbons (Fsp3) is 1.00. The maximum absolute atomic E-state index is 3.65. The monoisotopic (exact) mass is 182 g/mol. The first-order valence-corrected chi connectivity index (χ1v) is 5.75. The second-order valence-electron chi connectivity index (χ2n) is 4.84. The highest BCUT2D eigenvalue weighted by atomic mass is 15.2. The van der Waals surface area contributed by atoms with E-state index in [9.17, 15) is 0 Å². The van der Waals surface area contributed by atoms with Gasteiger partial charge in [-0.05, 0) is 52.1 Å². The molecule has 0 spiro atoms. The summed E-state index contributed by atoms with van der Waals surface area (Å²) in [6.07, 6.45) is 4.19. The Morgan fingerprint density at radius 3 is 2.92 bits per heavy atom. The average molecular weight is 182 g/mol. The Morgan fingerprint density at radius 1 is 1.31 bits per heavy atom. The van der Waals surface area contributed by atoms with Crippen LogP contribution in [0.4, 0.5) is 0 Å². The largest absolute Gasteiger partial charge is 0.314 e. The number of hydrogen-bond acceptors (Lipinski definition) is 2. The zero-order valence-electron chi connectivity index (χ0n) is 8.92. The molecule has 0 radical (unpaired) electrons. The Bertz CT molecular complexity index is 167. The molecule has 2 heterocycles. The van der Waals surface area contributed by atoms with Crippen LogP contribution in [0.3, 0.4) is 0 Å². The number of likely N-dealkylation sites (tertiary alicyclic amines) is 1. The van der Waals surface area contributed by atoms with Crippen LogP contribution in [0.2, 0.25) is 0 Å². The van der Waals surface area contributed by atoms with E-state index in [2.05, 4.69) is 24.1 Å². The van der Waals surface area contributed by atoms with Gasteiger partial charge in [-0.15, -0.1) is 0 Å². The highest BCUT2D eigenvalue weighted by Gasteiger charge is 2.31. The maximum atomic E-state index is 3.65. The normalized spacial score (nSPS) is 36.2. The molecule has 0 aromatic rings. The molecule has 2 fully saturated rings. The maximum Gasteiger partial charge on any atom is 0.0120 e. The van der Waals surface area contributed by atoms with E-state index in [-0.39, 0.29) is 0 Å². The third-order valence-corrected chi connectivity index (χ3v) is 3.65. The van der Waals surface area contributed by atoms with Crippen molar-refractivity contribution in [3.8, 4) is 0 Å². The van der Waals surface area contributed by atoms with Crippen molar-refractivity contribution in [1.29, 1.82) is 0 Å². The minimum Gasteiger partial charge on any atom is -0.314 e. The van der Waals surface area contributed by atoms with Gasteiger partial charge in [0.1, 0.15) is 0 Å². The minimum absolute atomic E-state index is 0.739. The number of nitrogens with zero attached hydrogens (tertiary/aromatic N) is 1. The summed E-state index contributed by atoms with van der Waals surface area (Å²) < 4.78 is 0.